The Bertz CT molecular complexity index is 1010. The van der Waals surface area contributed by atoms with Crippen LogP contribution in [0.25, 0.3) is 6.08 Å². The van der Waals surface area contributed by atoms with Crippen LogP contribution in [0.3, 0.4) is 0 Å². The molecule has 0 aromatic heterocycles. The Hall–Kier alpha value is -3.31. The van der Waals surface area contributed by atoms with E-state index in [2.05, 4.69) is 37.7 Å². The zero-order valence-corrected chi connectivity index (χ0v) is 18.7. The summed E-state index contributed by atoms with van der Waals surface area (Å²) in [6.45, 7) is 2.33. The summed E-state index contributed by atoms with van der Waals surface area (Å²) >= 11 is 3.38. The van der Waals surface area contributed by atoms with E-state index in [0.29, 0.717) is 42.0 Å². The van der Waals surface area contributed by atoms with Crippen LogP contribution in [0.15, 0.2) is 58.6 Å². The number of carbonyl (C=O) groups is 2. The minimum absolute atomic E-state index is 0.0725. The Kier molecular flexibility index (Phi) is 7.68. The molecular formula is C23H22BrN3O4. The van der Waals surface area contributed by atoms with E-state index in [9.17, 15) is 14.9 Å². The number of rotatable bonds is 6. The van der Waals surface area contributed by atoms with Gasteiger partial charge in [0.15, 0.2) is 6.61 Å². The van der Waals surface area contributed by atoms with Crippen molar-refractivity contribution < 1.29 is 19.1 Å². The first kappa shape index (κ1) is 22.4. The highest BCUT2D eigenvalue weighted by Gasteiger charge is 2.24. The van der Waals surface area contributed by atoms with E-state index in [0.717, 1.165) is 5.69 Å². The van der Waals surface area contributed by atoms with Crippen LogP contribution < -0.4 is 9.64 Å². The van der Waals surface area contributed by atoms with Crippen LogP contribution >= 0.6 is 15.9 Å². The summed E-state index contributed by atoms with van der Waals surface area (Å²) in [7, 11) is 1.29. The van der Waals surface area contributed by atoms with Crippen LogP contribution in [0, 0.1) is 11.3 Å². The third-order valence-electron chi connectivity index (χ3n) is 4.88. The molecule has 1 fully saturated rings. The van der Waals surface area contributed by atoms with Crippen molar-refractivity contribution in [2.24, 2.45) is 0 Å². The normalized spacial score (nSPS) is 14.0. The minimum Gasteiger partial charge on any atom is -0.481 e. The SMILES string of the molecule is COC(=O)COc1ccc(/C=C(/C#N)C(=O)N2CCN(c3ccccc3)CC2)cc1Br. The third-order valence-corrected chi connectivity index (χ3v) is 5.50. The van der Waals surface area contributed by atoms with E-state index in [1.165, 1.54) is 7.11 Å². The van der Waals surface area contributed by atoms with E-state index in [1.807, 2.05) is 24.3 Å². The molecule has 160 valence electrons. The predicted octanol–water partition coefficient (Wildman–Crippen LogP) is 3.26. The molecule has 2 aromatic rings. The van der Waals surface area contributed by atoms with Crippen molar-refractivity contribution in [3.63, 3.8) is 0 Å². The van der Waals surface area contributed by atoms with Crippen LogP contribution in [-0.2, 0) is 14.3 Å². The van der Waals surface area contributed by atoms with Crippen LogP contribution in [0.2, 0.25) is 0 Å². The summed E-state index contributed by atoms with van der Waals surface area (Å²) in [5.74, 6) is -0.303. The van der Waals surface area contributed by atoms with Gasteiger partial charge in [0.1, 0.15) is 17.4 Å². The number of nitriles is 1. The quantitative estimate of drug-likeness (QED) is 0.356. The van der Waals surface area contributed by atoms with E-state index in [4.69, 9.17) is 4.74 Å². The number of esters is 1. The number of piperazine rings is 1. The molecule has 1 aliphatic heterocycles. The fourth-order valence-corrected chi connectivity index (χ4v) is 3.72. The molecule has 7 nitrogen and oxygen atoms in total. The fourth-order valence-electron chi connectivity index (χ4n) is 3.20. The molecule has 0 radical (unpaired) electrons. The number of anilines is 1. The zero-order chi connectivity index (χ0) is 22.2. The Balaban J connectivity index is 1.65. The largest absolute Gasteiger partial charge is 0.481 e. The Morgan fingerprint density at radius 2 is 1.84 bits per heavy atom. The molecule has 1 heterocycles. The number of hydrogen-bond donors (Lipinski definition) is 0. The van der Waals surface area contributed by atoms with E-state index in [-0.39, 0.29) is 18.1 Å². The lowest BCUT2D eigenvalue weighted by Crippen LogP contribution is -2.49. The van der Waals surface area contributed by atoms with Gasteiger partial charge in [-0.05, 0) is 51.8 Å². The fraction of sp³-hybridized carbons (Fsp3) is 0.261. The Morgan fingerprint density at radius 3 is 2.45 bits per heavy atom. The monoisotopic (exact) mass is 483 g/mol. The molecule has 1 amide bonds. The molecule has 0 aliphatic carbocycles. The molecule has 1 saturated heterocycles. The summed E-state index contributed by atoms with van der Waals surface area (Å²) in [6, 6.07) is 17.2. The second kappa shape index (κ2) is 10.6. The van der Waals surface area contributed by atoms with Crippen LogP contribution in [0.4, 0.5) is 5.69 Å². The van der Waals surface area contributed by atoms with Crippen molar-refractivity contribution in [1.29, 1.82) is 5.26 Å². The van der Waals surface area contributed by atoms with E-state index >= 15 is 0 Å². The first-order chi connectivity index (χ1) is 15.0. The number of para-hydroxylation sites is 1. The molecule has 1 aliphatic rings. The van der Waals surface area contributed by atoms with Crippen LogP contribution in [0.5, 0.6) is 5.75 Å². The average Bonchev–Trinajstić information content (AvgIpc) is 2.82. The second-order valence-corrected chi connectivity index (χ2v) is 7.69. The predicted molar refractivity (Wildman–Crippen MR) is 120 cm³/mol. The summed E-state index contributed by atoms with van der Waals surface area (Å²) in [5.41, 5.74) is 1.87. The number of nitrogens with zero attached hydrogens (tertiary/aromatic N) is 3. The van der Waals surface area contributed by atoms with Gasteiger partial charge in [0.05, 0.1) is 11.6 Å². The van der Waals surface area contributed by atoms with Crippen LogP contribution in [-0.4, -0.2) is 56.7 Å². The van der Waals surface area contributed by atoms with Crippen molar-refractivity contribution in [3.8, 4) is 11.8 Å². The number of ether oxygens (including phenoxy) is 2. The summed E-state index contributed by atoms with van der Waals surface area (Å²) in [5, 5.41) is 9.55. The highest BCUT2D eigenvalue weighted by atomic mass is 79.9. The molecule has 0 unspecified atom stereocenters. The third kappa shape index (κ3) is 5.86. The Labute approximate surface area is 189 Å². The highest BCUT2D eigenvalue weighted by molar-refractivity contribution is 9.10. The maximum absolute atomic E-state index is 12.9. The van der Waals surface area contributed by atoms with Gasteiger partial charge in [-0.2, -0.15) is 5.26 Å². The lowest BCUT2D eigenvalue weighted by atomic mass is 10.1. The first-order valence-electron chi connectivity index (χ1n) is 9.72. The molecule has 31 heavy (non-hydrogen) atoms. The second-order valence-electron chi connectivity index (χ2n) is 6.84. The van der Waals surface area contributed by atoms with Gasteiger partial charge in [0.2, 0.25) is 0 Å². The number of carbonyl (C=O) groups excluding carboxylic acids is 2. The highest BCUT2D eigenvalue weighted by Crippen LogP contribution is 2.27. The maximum Gasteiger partial charge on any atom is 0.343 e. The maximum atomic E-state index is 12.9. The van der Waals surface area contributed by atoms with Gasteiger partial charge >= 0.3 is 5.97 Å². The molecule has 2 aromatic carbocycles. The minimum atomic E-state index is -0.486. The van der Waals surface area contributed by atoms with Crippen molar-refractivity contribution in [1.82, 2.24) is 4.90 Å². The number of hydrogen-bond acceptors (Lipinski definition) is 6. The lowest BCUT2D eigenvalue weighted by molar-refractivity contribution is -0.142. The molecule has 0 spiro atoms. The standard InChI is InChI=1S/C23H22BrN3O4/c1-30-22(28)16-31-21-8-7-17(14-20(21)24)13-18(15-25)23(29)27-11-9-26(10-12-27)19-5-3-2-4-6-19/h2-8,13-14H,9-12,16H2,1H3/b18-13-. The molecule has 0 N–H and O–H groups in total. The molecule has 8 heteroatoms. The van der Waals surface area contributed by atoms with Crippen molar-refractivity contribution in [2.45, 2.75) is 0 Å². The number of methoxy groups -OCH3 is 1. The molecule has 3 rings (SSSR count). The average molecular weight is 484 g/mol. The number of benzene rings is 2. The topological polar surface area (TPSA) is 82.9 Å². The van der Waals surface area contributed by atoms with Gasteiger partial charge < -0.3 is 19.3 Å². The van der Waals surface area contributed by atoms with Crippen molar-refractivity contribution >= 4 is 39.6 Å². The summed E-state index contributed by atoms with van der Waals surface area (Å²) < 4.78 is 10.5. The zero-order valence-electron chi connectivity index (χ0n) is 17.1. The number of halogens is 1. The van der Waals surface area contributed by atoms with Crippen molar-refractivity contribution in [3.05, 3.63) is 64.1 Å². The molecule has 0 atom stereocenters. The van der Waals surface area contributed by atoms with Crippen LogP contribution in [0.1, 0.15) is 5.56 Å². The van der Waals surface area contributed by atoms with Crippen molar-refractivity contribution in [2.75, 3.05) is 44.8 Å². The summed E-state index contributed by atoms with van der Waals surface area (Å²) in [6.07, 6.45) is 1.56. The van der Waals surface area contributed by atoms with E-state index in [1.54, 1.807) is 29.2 Å². The lowest BCUT2D eigenvalue weighted by Gasteiger charge is -2.36. The smallest absolute Gasteiger partial charge is 0.343 e. The van der Waals surface area contributed by atoms with Gasteiger partial charge in [-0.3, -0.25) is 4.79 Å². The first-order valence-corrected chi connectivity index (χ1v) is 10.5. The Morgan fingerprint density at radius 1 is 1.13 bits per heavy atom. The van der Waals surface area contributed by atoms with Gasteiger partial charge in [-0.25, -0.2) is 4.79 Å². The van der Waals surface area contributed by atoms with Gasteiger partial charge in [0, 0.05) is 31.9 Å². The molecule has 0 bridgehead atoms. The van der Waals surface area contributed by atoms with E-state index < -0.39 is 5.97 Å². The van der Waals surface area contributed by atoms with Gasteiger partial charge in [0.25, 0.3) is 5.91 Å². The summed E-state index contributed by atoms with van der Waals surface area (Å²) in [4.78, 5) is 28.0. The molecule has 0 saturated carbocycles. The van der Waals surface area contributed by atoms with Gasteiger partial charge in [-0.1, -0.05) is 24.3 Å². The molecular weight excluding hydrogens is 462 g/mol. The number of amides is 1. The van der Waals surface area contributed by atoms with Gasteiger partial charge in [-0.15, -0.1) is 0 Å².